The van der Waals surface area contributed by atoms with Gasteiger partial charge in [-0.15, -0.1) is 0 Å². The van der Waals surface area contributed by atoms with E-state index in [2.05, 4.69) is 0 Å². The van der Waals surface area contributed by atoms with Gasteiger partial charge in [0.15, 0.2) is 0 Å². The molecule has 0 fully saturated rings. The quantitative estimate of drug-likeness (QED) is 0.418. The minimum absolute atomic E-state index is 0. The van der Waals surface area contributed by atoms with Crippen molar-refractivity contribution in [1.82, 2.24) is 0 Å². The molecule has 0 amide bonds. The van der Waals surface area contributed by atoms with Gasteiger partial charge in [-0.25, -0.2) is 0 Å². The molecule has 9 heavy (non-hydrogen) atoms. The molecule has 0 atom stereocenters. The van der Waals surface area contributed by atoms with Gasteiger partial charge in [0.25, 0.3) is 5.97 Å². The van der Waals surface area contributed by atoms with Gasteiger partial charge >= 0.3 is 0 Å². The average molecular weight is 183 g/mol. The maximum Gasteiger partial charge on any atom is 0.300 e. The molecule has 0 rings (SSSR count). The standard InChI is InChI=1S/C2H4O2.4H2O.V/c1-2(3)4;;;;;/h1H3,(H,3,4);4*1H2;. The Labute approximate surface area is 64.0 Å². The zero-order chi connectivity index (χ0) is 3.58. The van der Waals surface area contributed by atoms with Crippen LogP contribution in [0.5, 0.6) is 0 Å². The zero-order valence-electron chi connectivity index (χ0n) is 4.80. The molecule has 9 N–H and O–H groups in total. The summed E-state index contributed by atoms with van der Waals surface area (Å²) in [6.07, 6.45) is 0. The van der Waals surface area contributed by atoms with Crippen molar-refractivity contribution in [3.8, 4) is 0 Å². The number of hydrogen-bond donors (Lipinski definition) is 1. The van der Waals surface area contributed by atoms with Gasteiger partial charge in [0.2, 0.25) is 0 Å². The van der Waals surface area contributed by atoms with Crippen molar-refractivity contribution in [3.63, 3.8) is 0 Å². The van der Waals surface area contributed by atoms with Crippen molar-refractivity contribution in [2.45, 2.75) is 6.92 Å². The number of carbonyl (C=O) groups is 1. The van der Waals surface area contributed by atoms with Crippen molar-refractivity contribution < 1.29 is 50.4 Å². The average Bonchev–Trinajstić information content (AvgIpc) is 0.811. The van der Waals surface area contributed by atoms with Crippen LogP contribution in [-0.4, -0.2) is 33.0 Å². The maximum absolute atomic E-state index is 9.00. The molecule has 0 aliphatic heterocycles. The summed E-state index contributed by atoms with van der Waals surface area (Å²) in [7, 11) is 0. The Balaban J connectivity index is -0.00000000450. The van der Waals surface area contributed by atoms with Crippen molar-refractivity contribution in [3.05, 3.63) is 0 Å². The summed E-state index contributed by atoms with van der Waals surface area (Å²) in [4.78, 5) is 9.00. The molecule has 0 aromatic heterocycles. The van der Waals surface area contributed by atoms with Crippen LogP contribution in [0, 0.1) is 0 Å². The molecule has 0 aromatic carbocycles. The monoisotopic (exact) mass is 183 g/mol. The summed E-state index contributed by atoms with van der Waals surface area (Å²) in [5.74, 6) is -0.833. The van der Waals surface area contributed by atoms with Crippen LogP contribution in [0.15, 0.2) is 0 Å². The minimum Gasteiger partial charge on any atom is -0.481 e. The number of carboxylic acids is 1. The molecular formula is C2H12O6V. The van der Waals surface area contributed by atoms with E-state index in [0.29, 0.717) is 0 Å². The van der Waals surface area contributed by atoms with Crippen molar-refractivity contribution in [2.24, 2.45) is 0 Å². The topological polar surface area (TPSA) is 163 Å². The Kier molecular flexibility index (Phi) is 329. The molecule has 6 nitrogen and oxygen atoms in total. The molecule has 0 aliphatic rings. The van der Waals surface area contributed by atoms with Crippen LogP contribution in [0.3, 0.4) is 0 Å². The van der Waals surface area contributed by atoms with Crippen molar-refractivity contribution in [2.75, 3.05) is 0 Å². The molecule has 7 heteroatoms. The number of aliphatic carboxylic acids is 1. The van der Waals surface area contributed by atoms with E-state index in [1.54, 1.807) is 0 Å². The smallest absolute Gasteiger partial charge is 0.300 e. The second-order valence-electron chi connectivity index (χ2n) is 0.519. The van der Waals surface area contributed by atoms with Crippen LogP contribution in [0.25, 0.3) is 0 Å². The Hall–Kier alpha value is -0.106. The van der Waals surface area contributed by atoms with Crippen LogP contribution in [0.2, 0.25) is 0 Å². The van der Waals surface area contributed by atoms with Crippen LogP contribution >= 0.6 is 0 Å². The number of rotatable bonds is 0. The zero-order valence-corrected chi connectivity index (χ0v) is 6.20. The third kappa shape index (κ3) is 24600. The van der Waals surface area contributed by atoms with E-state index < -0.39 is 5.97 Å². The molecule has 61 valence electrons. The first kappa shape index (κ1) is 66.2. The molecule has 0 saturated heterocycles. The molecular weight excluding hydrogens is 171 g/mol. The maximum atomic E-state index is 9.00. The van der Waals surface area contributed by atoms with Crippen LogP contribution in [0.1, 0.15) is 6.92 Å². The Morgan fingerprint density at radius 3 is 1.11 bits per heavy atom. The molecule has 0 aliphatic carbocycles. The summed E-state index contributed by atoms with van der Waals surface area (Å²) in [5, 5.41) is 7.42. The third-order valence-corrected chi connectivity index (χ3v) is 0. The fourth-order valence-corrected chi connectivity index (χ4v) is 0. The van der Waals surface area contributed by atoms with E-state index in [1.165, 1.54) is 0 Å². The van der Waals surface area contributed by atoms with Gasteiger partial charge in [-0.2, -0.15) is 0 Å². The van der Waals surface area contributed by atoms with E-state index in [9.17, 15) is 0 Å². The fraction of sp³-hybridized carbons (Fsp3) is 0.500. The van der Waals surface area contributed by atoms with E-state index in [1.807, 2.05) is 0 Å². The van der Waals surface area contributed by atoms with Crippen molar-refractivity contribution in [1.29, 1.82) is 0 Å². The van der Waals surface area contributed by atoms with Gasteiger partial charge < -0.3 is 27.0 Å². The summed E-state index contributed by atoms with van der Waals surface area (Å²) >= 11 is 0. The fourth-order valence-electron chi connectivity index (χ4n) is 0. The Morgan fingerprint density at radius 2 is 1.11 bits per heavy atom. The van der Waals surface area contributed by atoms with Crippen LogP contribution in [0.4, 0.5) is 0 Å². The largest absolute Gasteiger partial charge is 0.481 e. The van der Waals surface area contributed by atoms with Crippen LogP contribution < -0.4 is 0 Å². The molecule has 0 aromatic rings. The Morgan fingerprint density at radius 1 is 1.11 bits per heavy atom. The number of carboxylic acid groups (broad SMARTS) is 1. The first-order chi connectivity index (χ1) is 1.73. The SMILES string of the molecule is CC(=O)O.O.O.O.O.[V]. The van der Waals surface area contributed by atoms with Gasteiger partial charge in [-0.05, 0) is 0 Å². The molecule has 0 spiro atoms. The predicted molar refractivity (Wildman–Crippen MR) is 27.8 cm³/mol. The second-order valence-corrected chi connectivity index (χ2v) is 0.519. The first-order valence-corrected chi connectivity index (χ1v) is 0.928. The number of hydrogen-bond acceptors (Lipinski definition) is 1. The molecule has 0 unspecified atom stereocenters. The summed E-state index contributed by atoms with van der Waals surface area (Å²) in [5.41, 5.74) is 0. The normalized spacial score (nSPS) is 2.78. The minimum atomic E-state index is -0.833. The molecule has 1 radical (unpaired) electrons. The molecule has 0 bridgehead atoms. The first-order valence-electron chi connectivity index (χ1n) is 0.928. The summed E-state index contributed by atoms with van der Waals surface area (Å²) < 4.78 is 0. The Bertz CT molecular complexity index is 34.0. The van der Waals surface area contributed by atoms with Crippen LogP contribution in [-0.2, 0) is 23.4 Å². The predicted octanol–water partition coefficient (Wildman–Crippen LogP) is -3.21. The third-order valence-electron chi connectivity index (χ3n) is 0. The van der Waals surface area contributed by atoms with Gasteiger partial charge in [-0.3, -0.25) is 4.79 Å². The molecule has 0 saturated carbocycles. The molecule has 0 heterocycles. The van der Waals surface area contributed by atoms with E-state index in [0.717, 1.165) is 6.92 Å². The van der Waals surface area contributed by atoms with Gasteiger partial charge in [0.05, 0.1) is 0 Å². The van der Waals surface area contributed by atoms with Gasteiger partial charge in [0, 0.05) is 25.5 Å². The van der Waals surface area contributed by atoms with Crippen molar-refractivity contribution >= 4 is 5.97 Å². The van der Waals surface area contributed by atoms with E-state index in [4.69, 9.17) is 9.90 Å². The van der Waals surface area contributed by atoms with Gasteiger partial charge in [0.1, 0.15) is 0 Å². The second kappa shape index (κ2) is 44.8. The van der Waals surface area contributed by atoms with E-state index >= 15 is 0 Å². The van der Waals surface area contributed by atoms with E-state index in [-0.39, 0.29) is 40.5 Å². The summed E-state index contributed by atoms with van der Waals surface area (Å²) in [6.45, 7) is 1.08. The summed E-state index contributed by atoms with van der Waals surface area (Å²) in [6, 6.07) is 0. The van der Waals surface area contributed by atoms with Gasteiger partial charge in [-0.1, -0.05) is 0 Å².